The fourth-order valence-electron chi connectivity index (χ4n) is 4.56. The topological polar surface area (TPSA) is 69.7 Å². The Morgan fingerprint density at radius 1 is 0.886 bits per heavy atom. The highest BCUT2D eigenvalue weighted by Crippen LogP contribution is 2.32. The number of rotatable bonds is 9. The van der Waals surface area contributed by atoms with E-state index in [0.717, 1.165) is 28.8 Å². The molecular weight excluding hydrogens is 458 g/mol. The van der Waals surface area contributed by atoms with Crippen LogP contribution in [0.2, 0.25) is 0 Å². The van der Waals surface area contributed by atoms with Crippen molar-refractivity contribution in [2.24, 2.45) is 0 Å². The summed E-state index contributed by atoms with van der Waals surface area (Å²) in [5.74, 6) is 0.955. The standard InChI is InChI=1S/C28H41N3O3S/c1-7-22(6)23-11-13-24(14-12-23)35(33,34)31-17-15-30(16-18-31)19-27(32)29-28-25(20(2)3)9-8-10-26(28)21(4)5/h8-14,20-22H,7,15-19H2,1-6H3,(H,29,32). The van der Waals surface area contributed by atoms with Crippen molar-refractivity contribution in [2.75, 3.05) is 38.0 Å². The van der Waals surface area contributed by atoms with Crippen molar-refractivity contribution in [1.82, 2.24) is 9.21 Å². The first-order valence-corrected chi connectivity index (χ1v) is 14.2. The van der Waals surface area contributed by atoms with Gasteiger partial charge in [0, 0.05) is 31.9 Å². The van der Waals surface area contributed by atoms with Crippen molar-refractivity contribution in [1.29, 1.82) is 0 Å². The predicted octanol–water partition coefficient (Wildman–Crippen LogP) is 5.39. The zero-order valence-electron chi connectivity index (χ0n) is 22.0. The van der Waals surface area contributed by atoms with Gasteiger partial charge in [-0.2, -0.15) is 4.31 Å². The Morgan fingerprint density at radius 3 is 1.91 bits per heavy atom. The first-order chi connectivity index (χ1) is 16.5. The average molecular weight is 500 g/mol. The Kier molecular flexibility index (Phi) is 9.13. The number of sulfonamides is 1. The van der Waals surface area contributed by atoms with Crippen LogP contribution in [0.25, 0.3) is 0 Å². The second-order valence-electron chi connectivity index (χ2n) is 10.2. The lowest BCUT2D eigenvalue weighted by Gasteiger charge is -2.33. The molecule has 1 atom stereocenters. The van der Waals surface area contributed by atoms with E-state index in [2.05, 4.69) is 65.1 Å². The van der Waals surface area contributed by atoms with Crippen molar-refractivity contribution in [3.63, 3.8) is 0 Å². The van der Waals surface area contributed by atoms with Crippen LogP contribution in [0.4, 0.5) is 5.69 Å². The molecule has 1 N–H and O–H groups in total. The van der Waals surface area contributed by atoms with E-state index in [1.165, 1.54) is 4.31 Å². The van der Waals surface area contributed by atoms with Crippen molar-refractivity contribution >= 4 is 21.6 Å². The molecule has 1 fully saturated rings. The van der Waals surface area contributed by atoms with Gasteiger partial charge in [-0.3, -0.25) is 9.69 Å². The second-order valence-corrected chi connectivity index (χ2v) is 12.2. The zero-order chi connectivity index (χ0) is 25.8. The van der Waals surface area contributed by atoms with E-state index in [-0.39, 0.29) is 12.5 Å². The third kappa shape index (κ3) is 6.51. The number of para-hydroxylation sites is 1. The summed E-state index contributed by atoms with van der Waals surface area (Å²) in [6.07, 6.45) is 1.02. The molecule has 0 aromatic heterocycles. The third-order valence-corrected chi connectivity index (χ3v) is 8.95. The Labute approximate surface area is 211 Å². The van der Waals surface area contributed by atoms with E-state index in [1.54, 1.807) is 12.1 Å². The normalized spacial score (nSPS) is 16.6. The van der Waals surface area contributed by atoms with Crippen LogP contribution >= 0.6 is 0 Å². The highest BCUT2D eigenvalue weighted by atomic mass is 32.2. The molecule has 0 aliphatic carbocycles. The smallest absolute Gasteiger partial charge is 0.243 e. The maximum Gasteiger partial charge on any atom is 0.243 e. The minimum Gasteiger partial charge on any atom is -0.324 e. The zero-order valence-corrected chi connectivity index (χ0v) is 22.9. The molecule has 1 saturated heterocycles. The first kappa shape index (κ1) is 27.4. The Bertz CT molecular complexity index is 1080. The minimum absolute atomic E-state index is 0.0584. The molecule has 2 aromatic rings. The summed E-state index contributed by atoms with van der Waals surface area (Å²) in [4.78, 5) is 15.3. The average Bonchev–Trinajstić information content (AvgIpc) is 2.83. The largest absolute Gasteiger partial charge is 0.324 e. The minimum atomic E-state index is -3.54. The summed E-state index contributed by atoms with van der Waals surface area (Å²) in [5, 5.41) is 3.16. The summed E-state index contributed by atoms with van der Waals surface area (Å²) in [7, 11) is -3.54. The van der Waals surface area contributed by atoms with Crippen LogP contribution in [0.5, 0.6) is 0 Å². The molecule has 192 valence electrons. The number of piperazine rings is 1. The highest BCUT2D eigenvalue weighted by molar-refractivity contribution is 7.89. The van der Waals surface area contributed by atoms with E-state index in [1.807, 2.05) is 17.0 Å². The monoisotopic (exact) mass is 499 g/mol. The molecule has 3 rings (SSSR count). The van der Waals surface area contributed by atoms with Crippen LogP contribution in [-0.2, 0) is 14.8 Å². The molecule has 1 aliphatic rings. The van der Waals surface area contributed by atoms with Gasteiger partial charge in [0.15, 0.2) is 0 Å². The van der Waals surface area contributed by atoms with Crippen LogP contribution in [-0.4, -0.2) is 56.3 Å². The lowest BCUT2D eigenvalue weighted by Crippen LogP contribution is -2.50. The molecule has 1 aliphatic heterocycles. The van der Waals surface area contributed by atoms with Gasteiger partial charge in [-0.1, -0.05) is 71.9 Å². The fourth-order valence-corrected chi connectivity index (χ4v) is 5.98. The van der Waals surface area contributed by atoms with Gasteiger partial charge in [-0.05, 0) is 53.0 Å². The second kappa shape index (κ2) is 11.7. The SMILES string of the molecule is CCC(C)c1ccc(S(=O)(=O)N2CCN(CC(=O)Nc3c(C(C)C)cccc3C(C)C)CC2)cc1. The molecule has 1 heterocycles. The summed E-state index contributed by atoms with van der Waals surface area (Å²) < 4.78 is 27.8. The van der Waals surface area contributed by atoms with Crippen molar-refractivity contribution < 1.29 is 13.2 Å². The van der Waals surface area contributed by atoms with Crippen LogP contribution in [0.1, 0.15) is 82.4 Å². The van der Waals surface area contributed by atoms with Crippen LogP contribution in [0, 0.1) is 0 Å². The van der Waals surface area contributed by atoms with Gasteiger partial charge in [0.2, 0.25) is 15.9 Å². The predicted molar refractivity (Wildman–Crippen MR) is 144 cm³/mol. The van der Waals surface area contributed by atoms with Gasteiger partial charge in [0.1, 0.15) is 0 Å². The first-order valence-electron chi connectivity index (χ1n) is 12.8. The maximum absolute atomic E-state index is 13.1. The van der Waals surface area contributed by atoms with Gasteiger partial charge in [0.25, 0.3) is 0 Å². The Balaban J connectivity index is 1.61. The molecule has 1 unspecified atom stereocenters. The van der Waals surface area contributed by atoms with Crippen LogP contribution < -0.4 is 5.32 Å². The molecule has 2 aromatic carbocycles. The lowest BCUT2D eigenvalue weighted by molar-refractivity contribution is -0.117. The summed E-state index contributed by atoms with van der Waals surface area (Å²) in [6, 6.07) is 13.5. The number of amides is 1. The van der Waals surface area contributed by atoms with E-state index >= 15 is 0 Å². The van der Waals surface area contributed by atoms with Gasteiger partial charge in [-0.25, -0.2) is 8.42 Å². The van der Waals surface area contributed by atoms with Gasteiger partial charge < -0.3 is 5.32 Å². The van der Waals surface area contributed by atoms with Gasteiger partial charge in [-0.15, -0.1) is 0 Å². The molecule has 0 spiro atoms. The quantitative estimate of drug-likeness (QED) is 0.502. The number of carbonyl (C=O) groups is 1. The lowest BCUT2D eigenvalue weighted by atomic mass is 9.92. The maximum atomic E-state index is 13.1. The molecule has 1 amide bonds. The van der Waals surface area contributed by atoms with Crippen molar-refractivity contribution in [3.8, 4) is 0 Å². The highest BCUT2D eigenvalue weighted by Gasteiger charge is 2.29. The molecule has 0 radical (unpaired) electrons. The molecule has 0 saturated carbocycles. The summed E-state index contributed by atoms with van der Waals surface area (Å²) >= 11 is 0. The van der Waals surface area contributed by atoms with Gasteiger partial charge in [0.05, 0.1) is 11.4 Å². The third-order valence-electron chi connectivity index (χ3n) is 7.04. The van der Waals surface area contributed by atoms with Crippen LogP contribution in [0.15, 0.2) is 47.4 Å². The molecule has 35 heavy (non-hydrogen) atoms. The number of hydrogen-bond donors (Lipinski definition) is 1. The number of hydrogen-bond acceptors (Lipinski definition) is 4. The molecule has 0 bridgehead atoms. The Morgan fingerprint density at radius 2 is 1.43 bits per heavy atom. The number of anilines is 1. The molecule has 7 heteroatoms. The van der Waals surface area contributed by atoms with E-state index in [0.29, 0.717) is 48.8 Å². The van der Waals surface area contributed by atoms with Crippen LogP contribution in [0.3, 0.4) is 0 Å². The Hall–Kier alpha value is -2.22. The fraction of sp³-hybridized carbons (Fsp3) is 0.536. The number of benzene rings is 2. The van der Waals surface area contributed by atoms with Crippen molar-refractivity contribution in [2.45, 2.75) is 70.6 Å². The van der Waals surface area contributed by atoms with Crippen molar-refractivity contribution in [3.05, 3.63) is 59.2 Å². The summed E-state index contributed by atoms with van der Waals surface area (Å²) in [6.45, 7) is 14.9. The van der Waals surface area contributed by atoms with E-state index in [4.69, 9.17) is 0 Å². The van der Waals surface area contributed by atoms with E-state index < -0.39 is 10.0 Å². The summed E-state index contributed by atoms with van der Waals surface area (Å²) in [5.41, 5.74) is 4.35. The number of nitrogens with one attached hydrogen (secondary N) is 1. The van der Waals surface area contributed by atoms with E-state index in [9.17, 15) is 13.2 Å². The molecule has 6 nitrogen and oxygen atoms in total. The number of carbonyl (C=O) groups excluding carboxylic acids is 1. The number of nitrogens with zero attached hydrogens (tertiary/aromatic N) is 2. The van der Waals surface area contributed by atoms with Gasteiger partial charge >= 0.3 is 0 Å². The molecular formula is C28H41N3O3S.